The van der Waals surface area contributed by atoms with Gasteiger partial charge in [0.25, 0.3) is 0 Å². The molecule has 0 fully saturated rings. The predicted molar refractivity (Wildman–Crippen MR) is 66.2 cm³/mol. The van der Waals surface area contributed by atoms with E-state index in [-0.39, 0.29) is 19.0 Å². The van der Waals surface area contributed by atoms with E-state index in [1.54, 1.807) is 25.3 Å². The smallest absolute Gasteiger partial charge is 0.188 e. The molecule has 0 bridgehead atoms. The van der Waals surface area contributed by atoms with Gasteiger partial charge in [-0.2, -0.15) is 0 Å². The molecular formula is C11H18N4O3. The minimum Gasteiger partial charge on any atom is -0.409 e. The van der Waals surface area contributed by atoms with Crippen LogP contribution in [0.25, 0.3) is 0 Å². The van der Waals surface area contributed by atoms with Crippen molar-refractivity contribution in [2.75, 3.05) is 13.2 Å². The number of amidine groups is 1. The maximum absolute atomic E-state index is 9.14. The van der Waals surface area contributed by atoms with Gasteiger partial charge in [-0.15, -0.1) is 0 Å². The zero-order valence-electron chi connectivity index (χ0n) is 10.2. The summed E-state index contributed by atoms with van der Waals surface area (Å²) >= 11 is 0. The van der Waals surface area contributed by atoms with E-state index in [2.05, 4.69) is 15.5 Å². The van der Waals surface area contributed by atoms with Gasteiger partial charge in [0, 0.05) is 12.7 Å². The van der Waals surface area contributed by atoms with Crippen LogP contribution in [0.15, 0.2) is 23.5 Å². The molecule has 0 saturated heterocycles. The van der Waals surface area contributed by atoms with Crippen LogP contribution in [0.2, 0.25) is 0 Å². The molecule has 1 heterocycles. The molecule has 6 N–H and O–H groups in total. The maximum Gasteiger partial charge on any atom is 0.188 e. The molecule has 0 aliphatic heterocycles. The van der Waals surface area contributed by atoms with Gasteiger partial charge in [0.1, 0.15) is 5.69 Å². The maximum atomic E-state index is 9.14. The summed E-state index contributed by atoms with van der Waals surface area (Å²) in [5.74, 6) is -0.0658. The summed E-state index contributed by atoms with van der Waals surface area (Å²) in [6.45, 7) is 1.77. The van der Waals surface area contributed by atoms with Crippen molar-refractivity contribution in [1.82, 2.24) is 10.3 Å². The van der Waals surface area contributed by atoms with E-state index in [0.717, 1.165) is 5.56 Å². The number of aliphatic hydroxyl groups excluding tert-OH is 2. The zero-order valence-corrected chi connectivity index (χ0v) is 10.2. The number of nitrogens with zero attached hydrogens (tertiary/aromatic N) is 2. The van der Waals surface area contributed by atoms with Crippen LogP contribution in [0.4, 0.5) is 0 Å². The highest BCUT2D eigenvalue weighted by Gasteiger charge is 2.21. The summed E-state index contributed by atoms with van der Waals surface area (Å²) in [5.41, 5.74) is 5.90. The van der Waals surface area contributed by atoms with Crippen molar-refractivity contribution in [1.29, 1.82) is 0 Å². The molecule has 0 aliphatic carbocycles. The number of hydrogen-bond acceptors (Lipinski definition) is 6. The summed E-state index contributed by atoms with van der Waals surface area (Å²) in [6, 6.07) is 3.42. The van der Waals surface area contributed by atoms with Gasteiger partial charge in [-0.1, -0.05) is 5.16 Å². The molecule has 0 aromatic carbocycles. The van der Waals surface area contributed by atoms with Gasteiger partial charge in [-0.05, 0) is 24.6 Å². The fraction of sp³-hybridized carbons (Fsp3) is 0.455. The van der Waals surface area contributed by atoms with Crippen LogP contribution in [-0.4, -0.2) is 45.0 Å². The minimum absolute atomic E-state index is 0.0658. The van der Waals surface area contributed by atoms with Gasteiger partial charge in [-0.25, -0.2) is 0 Å². The molecule has 0 saturated carbocycles. The van der Waals surface area contributed by atoms with Crippen molar-refractivity contribution in [3.8, 4) is 0 Å². The summed E-state index contributed by atoms with van der Waals surface area (Å²) in [7, 11) is 0. The number of oxime groups is 1. The molecule has 0 unspecified atom stereocenters. The molecule has 1 rings (SSSR count). The Balaban J connectivity index is 2.74. The average Bonchev–Trinajstić information content (AvgIpc) is 2.44. The highest BCUT2D eigenvalue weighted by Crippen LogP contribution is 2.06. The molecule has 18 heavy (non-hydrogen) atoms. The number of rotatable bonds is 6. The van der Waals surface area contributed by atoms with Gasteiger partial charge < -0.3 is 26.5 Å². The monoisotopic (exact) mass is 254 g/mol. The second kappa shape index (κ2) is 6.29. The Morgan fingerprint density at radius 2 is 2.17 bits per heavy atom. The highest BCUT2D eigenvalue weighted by molar-refractivity contribution is 5.95. The van der Waals surface area contributed by atoms with E-state index in [1.807, 2.05) is 0 Å². The van der Waals surface area contributed by atoms with Gasteiger partial charge in [-0.3, -0.25) is 4.98 Å². The standard InChI is InChI=1S/C11H18N4O3/c1-11(6-16,7-17)14-5-8-2-3-13-9(4-8)10(12)15-18/h2-4,14,16-18H,5-7H2,1H3,(H2,12,15). The first-order valence-corrected chi connectivity index (χ1v) is 5.44. The first-order valence-electron chi connectivity index (χ1n) is 5.44. The third-order valence-corrected chi connectivity index (χ3v) is 2.61. The summed E-state index contributed by atoms with van der Waals surface area (Å²) < 4.78 is 0. The molecule has 7 heteroatoms. The Bertz CT molecular complexity index is 419. The molecular weight excluding hydrogens is 236 g/mol. The van der Waals surface area contributed by atoms with Crippen molar-refractivity contribution >= 4 is 5.84 Å². The second-order valence-corrected chi connectivity index (χ2v) is 4.27. The number of nitrogens with two attached hydrogens (primary N) is 1. The Morgan fingerprint density at radius 3 is 2.72 bits per heavy atom. The fourth-order valence-electron chi connectivity index (χ4n) is 1.25. The summed E-state index contributed by atoms with van der Waals surface area (Å²) in [4.78, 5) is 3.95. The molecule has 0 amide bonds. The van der Waals surface area contributed by atoms with E-state index in [0.29, 0.717) is 12.2 Å². The highest BCUT2D eigenvalue weighted by atomic mass is 16.4. The van der Waals surface area contributed by atoms with E-state index < -0.39 is 5.54 Å². The minimum atomic E-state index is -0.750. The lowest BCUT2D eigenvalue weighted by molar-refractivity contribution is 0.103. The summed E-state index contributed by atoms with van der Waals surface area (Å²) in [5, 5.41) is 32.7. The average molecular weight is 254 g/mol. The van der Waals surface area contributed by atoms with Crippen LogP contribution in [-0.2, 0) is 6.54 Å². The number of pyridine rings is 1. The molecule has 0 aliphatic rings. The van der Waals surface area contributed by atoms with Crippen LogP contribution in [0.1, 0.15) is 18.2 Å². The quantitative estimate of drug-likeness (QED) is 0.192. The Morgan fingerprint density at radius 1 is 1.50 bits per heavy atom. The van der Waals surface area contributed by atoms with Crippen LogP contribution in [0.3, 0.4) is 0 Å². The Labute approximate surface area is 105 Å². The Kier molecular flexibility index (Phi) is 5.02. The first-order chi connectivity index (χ1) is 8.54. The molecule has 0 spiro atoms. The second-order valence-electron chi connectivity index (χ2n) is 4.27. The van der Waals surface area contributed by atoms with Gasteiger partial charge in [0.2, 0.25) is 0 Å². The number of hydrogen-bond donors (Lipinski definition) is 5. The third kappa shape index (κ3) is 3.66. The molecule has 1 aromatic rings. The molecule has 0 radical (unpaired) electrons. The first kappa shape index (κ1) is 14.4. The van der Waals surface area contributed by atoms with Crippen molar-refractivity contribution in [3.05, 3.63) is 29.6 Å². The summed E-state index contributed by atoms with van der Waals surface area (Å²) in [6.07, 6.45) is 1.54. The Hall–Kier alpha value is -1.70. The number of aromatic nitrogens is 1. The van der Waals surface area contributed by atoms with Gasteiger partial charge in [0.15, 0.2) is 5.84 Å². The largest absolute Gasteiger partial charge is 0.409 e. The van der Waals surface area contributed by atoms with E-state index >= 15 is 0 Å². The van der Waals surface area contributed by atoms with Crippen molar-refractivity contribution in [3.63, 3.8) is 0 Å². The van der Waals surface area contributed by atoms with Crippen LogP contribution < -0.4 is 11.1 Å². The van der Waals surface area contributed by atoms with Crippen LogP contribution >= 0.6 is 0 Å². The normalized spacial score (nSPS) is 12.7. The molecule has 1 aromatic heterocycles. The van der Waals surface area contributed by atoms with Crippen molar-refractivity contribution in [2.24, 2.45) is 10.9 Å². The fourth-order valence-corrected chi connectivity index (χ4v) is 1.25. The SMILES string of the molecule is CC(CO)(CO)NCc1ccnc(/C(N)=N/O)c1. The zero-order chi connectivity index (χ0) is 13.6. The predicted octanol–water partition coefficient (Wildman–Crippen LogP) is -0.991. The van der Waals surface area contributed by atoms with Crippen LogP contribution in [0.5, 0.6) is 0 Å². The van der Waals surface area contributed by atoms with Crippen molar-refractivity contribution in [2.45, 2.75) is 19.0 Å². The van der Waals surface area contributed by atoms with Crippen molar-refractivity contribution < 1.29 is 15.4 Å². The molecule has 0 atom stereocenters. The van der Waals surface area contributed by atoms with Gasteiger partial charge in [0.05, 0.1) is 18.8 Å². The van der Waals surface area contributed by atoms with E-state index in [1.165, 1.54) is 0 Å². The lowest BCUT2D eigenvalue weighted by Gasteiger charge is -2.26. The lowest BCUT2D eigenvalue weighted by Crippen LogP contribution is -2.48. The lowest BCUT2D eigenvalue weighted by atomic mass is 10.0. The number of nitrogens with one attached hydrogen (secondary N) is 1. The number of aliphatic hydroxyl groups is 2. The van der Waals surface area contributed by atoms with E-state index in [4.69, 9.17) is 21.2 Å². The third-order valence-electron chi connectivity index (χ3n) is 2.61. The van der Waals surface area contributed by atoms with E-state index in [9.17, 15) is 0 Å². The molecule has 7 nitrogen and oxygen atoms in total. The molecule has 100 valence electrons. The van der Waals surface area contributed by atoms with Gasteiger partial charge >= 0.3 is 0 Å². The van der Waals surface area contributed by atoms with Crippen LogP contribution in [0, 0.1) is 0 Å². The topological polar surface area (TPSA) is 124 Å².